The molecule has 9 nitrogen and oxygen atoms in total. The zero-order valence-electron chi connectivity index (χ0n) is 21.2. The Bertz CT molecular complexity index is 1200. The molecule has 3 N–H and O–H groups in total. The molecule has 1 aliphatic heterocycles. The van der Waals surface area contributed by atoms with Crippen molar-refractivity contribution in [2.45, 2.75) is 31.5 Å². The van der Waals surface area contributed by atoms with E-state index >= 15 is 0 Å². The minimum absolute atomic E-state index is 0.157. The molecular weight excluding hydrogens is 472 g/mol. The van der Waals surface area contributed by atoms with Crippen molar-refractivity contribution >= 4 is 23.6 Å². The zero-order valence-corrected chi connectivity index (χ0v) is 21.2. The molecule has 0 radical (unpaired) electrons. The summed E-state index contributed by atoms with van der Waals surface area (Å²) in [5.41, 5.74) is 9.10. The van der Waals surface area contributed by atoms with Gasteiger partial charge in [0.05, 0.1) is 25.8 Å². The third-order valence-corrected chi connectivity index (χ3v) is 6.71. The third kappa shape index (κ3) is 5.78. The van der Waals surface area contributed by atoms with E-state index in [1.165, 1.54) is 7.11 Å². The summed E-state index contributed by atoms with van der Waals surface area (Å²) in [6, 6.07) is 24.2. The molecule has 0 spiro atoms. The predicted molar refractivity (Wildman–Crippen MR) is 141 cm³/mol. The first-order valence-electron chi connectivity index (χ1n) is 12.1. The van der Waals surface area contributed by atoms with Gasteiger partial charge in [-0.1, -0.05) is 48.5 Å². The van der Waals surface area contributed by atoms with Crippen molar-refractivity contribution in [3.05, 3.63) is 90.0 Å². The van der Waals surface area contributed by atoms with E-state index in [1.807, 2.05) is 85.8 Å². The lowest BCUT2D eigenvalue weighted by atomic mass is 9.83. The van der Waals surface area contributed by atoms with Crippen LogP contribution in [0.4, 0.5) is 21.0 Å². The fourth-order valence-corrected chi connectivity index (χ4v) is 4.63. The first kappa shape index (κ1) is 25.8. The van der Waals surface area contributed by atoms with Gasteiger partial charge in [-0.2, -0.15) is 0 Å². The van der Waals surface area contributed by atoms with Crippen LogP contribution in [0.2, 0.25) is 0 Å². The van der Waals surface area contributed by atoms with E-state index in [9.17, 15) is 9.59 Å². The van der Waals surface area contributed by atoms with Crippen molar-refractivity contribution in [3.63, 3.8) is 0 Å². The highest BCUT2D eigenvalue weighted by molar-refractivity contribution is 5.86. The number of methoxy groups -OCH3 is 2. The quantitative estimate of drug-likeness (QED) is 0.366. The van der Waals surface area contributed by atoms with Crippen molar-refractivity contribution < 1.29 is 23.8 Å². The van der Waals surface area contributed by atoms with Gasteiger partial charge in [-0.3, -0.25) is 5.32 Å². The van der Waals surface area contributed by atoms with Gasteiger partial charge >= 0.3 is 12.2 Å². The number of hydrogen-bond acceptors (Lipinski definition) is 7. The summed E-state index contributed by atoms with van der Waals surface area (Å²) in [6.07, 6.45) is -0.400. The van der Waals surface area contributed by atoms with E-state index in [0.717, 1.165) is 22.6 Å². The normalized spacial score (nSPS) is 18.7. The Kier molecular flexibility index (Phi) is 8.15. The Morgan fingerprint density at radius 1 is 0.973 bits per heavy atom. The van der Waals surface area contributed by atoms with Crippen LogP contribution in [-0.4, -0.2) is 43.9 Å². The molecule has 2 amide bonds. The smallest absolute Gasteiger partial charge is 0.411 e. The number of anilines is 2. The molecule has 4 rings (SSSR count). The highest BCUT2D eigenvalue weighted by Gasteiger charge is 2.49. The maximum Gasteiger partial charge on any atom is 0.411 e. The van der Waals surface area contributed by atoms with Crippen LogP contribution in [0.15, 0.2) is 78.9 Å². The van der Waals surface area contributed by atoms with Crippen LogP contribution in [-0.2, 0) is 21.6 Å². The fourth-order valence-electron chi connectivity index (χ4n) is 4.63. The van der Waals surface area contributed by atoms with Gasteiger partial charge in [-0.25, -0.2) is 15.0 Å². The number of hydrazine groups is 1. The van der Waals surface area contributed by atoms with E-state index in [2.05, 4.69) is 16.2 Å². The molecule has 0 saturated carbocycles. The Hall–Kier alpha value is -4.24. The summed E-state index contributed by atoms with van der Waals surface area (Å²) in [5.74, 6) is 0.745. The van der Waals surface area contributed by atoms with Crippen molar-refractivity contribution in [1.82, 2.24) is 10.3 Å². The summed E-state index contributed by atoms with van der Waals surface area (Å²) in [4.78, 5) is 26.9. The minimum atomic E-state index is -0.753. The number of rotatable bonds is 8. The summed E-state index contributed by atoms with van der Waals surface area (Å²) in [7, 11) is 2.99. The van der Waals surface area contributed by atoms with Crippen LogP contribution < -0.4 is 20.9 Å². The standard InChI is InChI=1S/C28H32N4O5/c1-20-28(17-18-32(20)27(34)36-3,31-30-22-13-15-23(35-2)16-14-22)24-11-7-8-12-25(24)29-26(33)37-19-21-9-5-4-6-10-21/h4-16,20,30-31H,17-19H2,1-3H3,(H,29,33)/t20?,28-/m1/s1. The maximum atomic E-state index is 12.7. The van der Waals surface area contributed by atoms with Gasteiger partial charge in [0.15, 0.2) is 0 Å². The number of likely N-dealkylation sites (tertiary alicyclic amines) is 1. The highest BCUT2D eigenvalue weighted by Crippen LogP contribution is 2.41. The Morgan fingerprint density at radius 2 is 1.68 bits per heavy atom. The second kappa shape index (κ2) is 11.7. The third-order valence-electron chi connectivity index (χ3n) is 6.71. The van der Waals surface area contributed by atoms with E-state index < -0.39 is 17.7 Å². The molecule has 3 aromatic carbocycles. The largest absolute Gasteiger partial charge is 0.497 e. The zero-order chi connectivity index (χ0) is 26.3. The second-order valence-corrected chi connectivity index (χ2v) is 8.77. The summed E-state index contributed by atoms with van der Waals surface area (Å²) in [6.45, 7) is 2.58. The molecule has 1 saturated heterocycles. The van der Waals surface area contributed by atoms with Crippen LogP contribution in [0, 0.1) is 0 Å². The molecule has 2 atom stereocenters. The van der Waals surface area contributed by atoms with Gasteiger partial charge < -0.3 is 24.5 Å². The number of ether oxygens (including phenoxy) is 3. The number of nitrogens with one attached hydrogen (secondary N) is 3. The van der Waals surface area contributed by atoms with Gasteiger partial charge in [-0.05, 0) is 54.8 Å². The van der Waals surface area contributed by atoms with E-state index in [-0.39, 0.29) is 12.6 Å². The van der Waals surface area contributed by atoms with Crippen molar-refractivity contribution in [2.24, 2.45) is 0 Å². The molecule has 37 heavy (non-hydrogen) atoms. The van der Waals surface area contributed by atoms with Gasteiger partial charge in [0, 0.05) is 17.9 Å². The average molecular weight is 505 g/mol. The maximum absolute atomic E-state index is 12.7. The summed E-state index contributed by atoms with van der Waals surface area (Å²) >= 11 is 0. The molecule has 0 bridgehead atoms. The van der Waals surface area contributed by atoms with Crippen molar-refractivity contribution in [1.29, 1.82) is 0 Å². The number of nitrogens with zero attached hydrogens (tertiary/aromatic N) is 1. The summed E-state index contributed by atoms with van der Waals surface area (Å²) < 4.78 is 15.7. The van der Waals surface area contributed by atoms with Gasteiger partial charge in [-0.15, -0.1) is 0 Å². The molecule has 1 aliphatic rings. The Labute approximate surface area is 216 Å². The summed E-state index contributed by atoms with van der Waals surface area (Å²) in [5, 5.41) is 2.89. The van der Waals surface area contributed by atoms with Crippen LogP contribution in [0.1, 0.15) is 24.5 Å². The van der Waals surface area contributed by atoms with E-state index in [4.69, 9.17) is 14.2 Å². The molecule has 0 aromatic heterocycles. The molecule has 1 fully saturated rings. The predicted octanol–water partition coefficient (Wildman–Crippen LogP) is 5.12. The molecule has 194 valence electrons. The Balaban J connectivity index is 1.59. The van der Waals surface area contributed by atoms with Crippen molar-refractivity contribution in [2.75, 3.05) is 31.5 Å². The molecule has 1 heterocycles. The average Bonchev–Trinajstić information content (AvgIpc) is 3.28. The highest BCUT2D eigenvalue weighted by atomic mass is 16.5. The molecular formula is C28H32N4O5. The fraction of sp³-hybridized carbons (Fsp3) is 0.286. The van der Waals surface area contributed by atoms with Gasteiger partial charge in [0.2, 0.25) is 0 Å². The topological polar surface area (TPSA) is 101 Å². The van der Waals surface area contributed by atoms with Crippen molar-refractivity contribution in [3.8, 4) is 5.75 Å². The lowest BCUT2D eigenvalue weighted by Crippen LogP contribution is -2.54. The van der Waals surface area contributed by atoms with Crippen LogP contribution in [0.5, 0.6) is 5.75 Å². The first-order chi connectivity index (χ1) is 18.0. The monoisotopic (exact) mass is 504 g/mol. The van der Waals surface area contributed by atoms with Crippen LogP contribution in [0.25, 0.3) is 0 Å². The lowest BCUT2D eigenvalue weighted by molar-refractivity contribution is 0.112. The number of benzene rings is 3. The molecule has 0 aliphatic carbocycles. The first-order valence-corrected chi connectivity index (χ1v) is 12.1. The number of para-hydroxylation sites is 1. The minimum Gasteiger partial charge on any atom is -0.497 e. The number of hydrogen-bond donors (Lipinski definition) is 3. The lowest BCUT2D eigenvalue weighted by Gasteiger charge is -2.38. The number of carbonyl (C=O) groups is 2. The van der Waals surface area contributed by atoms with Crippen LogP contribution >= 0.6 is 0 Å². The molecule has 3 aromatic rings. The number of amides is 2. The van der Waals surface area contributed by atoms with E-state index in [0.29, 0.717) is 18.7 Å². The van der Waals surface area contributed by atoms with E-state index in [1.54, 1.807) is 12.0 Å². The molecule has 9 heteroatoms. The number of carbonyl (C=O) groups excluding carboxylic acids is 2. The van der Waals surface area contributed by atoms with Crippen LogP contribution in [0.3, 0.4) is 0 Å². The molecule has 1 unspecified atom stereocenters. The SMILES string of the molecule is COC(=O)N1CC[C@](NNc2ccc(OC)cc2)(c2ccccc2NC(=O)OCc2ccccc2)C1C. The van der Waals surface area contributed by atoms with Gasteiger partial charge in [0.1, 0.15) is 12.4 Å². The Morgan fingerprint density at radius 3 is 2.38 bits per heavy atom. The second-order valence-electron chi connectivity index (χ2n) is 8.77. The van der Waals surface area contributed by atoms with Gasteiger partial charge in [0.25, 0.3) is 0 Å².